The average molecular weight is 273 g/mol. The van der Waals surface area contributed by atoms with Gasteiger partial charge in [0.05, 0.1) is 5.56 Å². The number of nitrogens with two attached hydrogens (primary N) is 1. The number of benzene rings is 1. The summed E-state index contributed by atoms with van der Waals surface area (Å²) in [4.78, 5) is 11.9. The maximum Gasteiger partial charge on any atom is 0.254 e. The van der Waals surface area contributed by atoms with Crippen LogP contribution in [0, 0.1) is 5.82 Å². The first kappa shape index (κ1) is 14.9. The molecule has 0 heterocycles. The molecule has 1 atom stereocenters. The van der Waals surface area contributed by atoms with Crippen molar-refractivity contribution in [2.75, 3.05) is 6.54 Å². The van der Waals surface area contributed by atoms with E-state index in [1.54, 1.807) is 0 Å². The van der Waals surface area contributed by atoms with E-state index in [-0.39, 0.29) is 11.6 Å². The van der Waals surface area contributed by atoms with Crippen molar-refractivity contribution in [2.45, 2.75) is 32.2 Å². The van der Waals surface area contributed by atoms with Crippen LogP contribution in [0.15, 0.2) is 18.2 Å². The largest absolute Gasteiger partial charge is 0.348 e. The van der Waals surface area contributed by atoms with Crippen molar-refractivity contribution in [1.29, 1.82) is 0 Å². The molecule has 0 saturated heterocycles. The number of amides is 1. The zero-order valence-electron chi connectivity index (χ0n) is 10.4. The van der Waals surface area contributed by atoms with Crippen molar-refractivity contribution in [3.63, 3.8) is 0 Å². The number of hydrogen-bond donors (Lipinski definition) is 2. The van der Waals surface area contributed by atoms with Gasteiger partial charge in [0.2, 0.25) is 0 Å². The zero-order chi connectivity index (χ0) is 13.5. The Morgan fingerprint density at radius 2 is 2.28 bits per heavy atom. The Labute approximate surface area is 112 Å². The summed E-state index contributed by atoms with van der Waals surface area (Å²) in [5.74, 6) is -1.05. The van der Waals surface area contributed by atoms with Crippen molar-refractivity contribution >= 4 is 17.5 Å². The van der Waals surface area contributed by atoms with Gasteiger partial charge in [0.15, 0.2) is 0 Å². The molecule has 1 aromatic carbocycles. The predicted octanol–water partition coefficient (Wildman–Crippen LogP) is 2.73. The Bertz CT molecular complexity index is 412. The Kier molecular flexibility index (Phi) is 6.09. The predicted molar refractivity (Wildman–Crippen MR) is 71.2 cm³/mol. The zero-order valence-corrected chi connectivity index (χ0v) is 11.1. The van der Waals surface area contributed by atoms with Crippen LogP contribution in [0.4, 0.5) is 4.39 Å². The van der Waals surface area contributed by atoms with Gasteiger partial charge in [-0.15, -0.1) is 0 Å². The highest BCUT2D eigenvalue weighted by molar-refractivity contribution is 6.31. The molecular formula is C13H18ClFN2O. The highest BCUT2D eigenvalue weighted by Gasteiger charge is 2.15. The second-order valence-electron chi connectivity index (χ2n) is 4.17. The highest BCUT2D eigenvalue weighted by atomic mass is 35.5. The Hall–Kier alpha value is -1.13. The van der Waals surface area contributed by atoms with Crippen LogP contribution in [-0.2, 0) is 0 Å². The number of unbranched alkanes of at least 4 members (excludes halogenated alkanes) is 1. The maximum absolute atomic E-state index is 13.5. The molecule has 18 heavy (non-hydrogen) atoms. The monoisotopic (exact) mass is 272 g/mol. The number of halogens is 2. The molecular weight excluding hydrogens is 255 g/mol. The summed E-state index contributed by atoms with van der Waals surface area (Å²) in [6, 6.07) is 3.78. The lowest BCUT2D eigenvalue weighted by Gasteiger charge is -2.16. The van der Waals surface area contributed by atoms with Gasteiger partial charge in [0, 0.05) is 17.6 Å². The molecule has 0 saturated carbocycles. The highest BCUT2D eigenvalue weighted by Crippen LogP contribution is 2.15. The quantitative estimate of drug-likeness (QED) is 0.837. The molecule has 1 aromatic rings. The van der Waals surface area contributed by atoms with E-state index in [4.69, 9.17) is 17.3 Å². The van der Waals surface area contributed by atoms with Crippen LogP contribution < -0.4 is 11.1 Å². The van der Waals surface area contributed by atoms with Crippen molar-refractivity contribution in [3.8, 4) is 0 Å². The molecule has 0 aromatic heterocycles. The van der Waals surface area contributed by atoms with Gasteiger partial charge >= 0.3 is 0 Å². The summed E-state index contributed by atoms with van der Waals surface area (Å²) in [7, 11) is 0. The van der Waals surface area contributed by atoms with Gasteiger partial charge in [-0.1, -0.05) is 31.4 Å². The molecule has 0 radical (unpaired) electrons. The van der Waals surface area contributed by atoms with Crippen LogP contribution in [-0.4, -0.2) is 18.5 Å². The van der Waals surface area contributed by atoms with Crippen LogP contribution in [0.2, 0.25) is 5.02 Å². The van der Waals surface area contributed by atoms with Crippen molar-refractivity contribution < 1.29 is 9.18 Å². The normalized spacial score (nSPS) is 12.2. The Morgan fingerprint density at radius 3 is 2.89 bits per heavy atom. The molecule has 1 rings (SSSR count). The molecule has 0 spiro atoms. The van der Waals surface area contributed by atoms with E-state index in [0.29, 0.717) is 11.6 Å². The van der Waals surface area contributed by atoms with Crippen molar-refractivity contribution in [2.24, 2.45) is 5.73 Å². The first-order chi connectivity index (χ1) is 8.58. The van der Waals surface area contributed by atoms with E-state index in [0.717, 1.165) is 19.3 Å². The summed E-state index contributed by atoms with van der Waals surface area (Å²) < 4.78 is 13.5. The third-order valence-corrected chi connectivity index (χ3v) is 2.93. The topological polar surface area (TPSA) is 55.1 Å². The summed E-state index contributed by atoms with van der Waals surface area (Å²) >= 11 is 5.74. The minimum absolute atomic E-state index is 0.0440. The summed E-state index contributed by atoms with van der Waals surface area (Å²) in [6.07, 6.45) is 2.79. The molecule has 1 unspecified atom stereocenters. The molecule has 1 amide bonds. The SMILES string of the molecule is CCCCC(CN)NC(=O)c1cc(Cl)ccc1F. The van der Waals surface area contributed by atoms with E-state index in [1.165, 1.54) is 18.2 Å². The van der Waals surface area contributed by atoms with E-state index in [2.05, 4.69) is 12.2 Å². The molecule has 0 fully saturated rings. The van der Waals surface area contributed by atoms with Gasteiger partial charge in [0.25, 0.3) is 5.91 Å². The number of hydrogen-bond acceptors (Lipinski definition) is 2. The van der Waals surface area contributed by atoms with Crippen LogP contribution >= 0.6 is 11.6 Å². The molecule has 3 nitrogen and oxygen atoms in total. The van der Waals surface area contributed by atoms with Gasteiger partial charge in [-0.05, 0) is 24.6 Å². The third kappa shape index (κ3) is 4.27. The van der Waals surface area contributed by atoms with Gasteiger partial charge in [-0.3, -0.25) is 4.79 Å². The fourth-order valence-electron chi connectivity index (χ4n) is 1.63. The summed E-state index contributed by atoms with van der Waals surface area (Å²) in [5, 5.41) is 3.06. The van der Waals surface area contributed by atoms with Gasteiger partial charge < -0.3 is 11.1 Å². The lowest BCUT2D eigenvalue weighted by atomic mass is 10.1. The van der Waals surface area contributed by atoms with Gasteiger partial charge in [-0.2, -0.15) is 0 Å². The minimum atomic E-state index is -0.580. The molecule has 0 aliphatic rings. The van der Waals surface area contributed by atoms with Crippen LogP contribution in [0.1, 0.15) is 36.5 Å². The number of rotatable bonds is 6. The molecule has 5 heteroatoms. The number of nitrogens with one attached hydrogen (secondary N) is 1. The van der Waals surface area contributed by atoms with Gasteiger partial charge in [0.1, 0.15) is 5.82 Å². The molecule has 100 valence electrons. The lowest BCUT2D eigenvalue weighted by molar-refractivity contribution is 0.0931. The van der Waals surface area contributed by atoms with Crippen LogP contribution in [0.5, 0.6) is 0 Å². The molecule has 3 N–H and O–H groups in total. The van der Waals surface area contributed by atoms with Crippen molar-refractivity contribution in [3.05, 3.63) is 34.6 Å². The van der Waals surface area contributed by atoms with Crippen LogP contribution in [0.25, 0.3) is 0 Å². The molecule has 0 aliphatic heterocycles. The second kappa shape index (κ2) is 7.34. The Balaban J connectivity index is 2.71. The average Bonchev–Trinajstić information content (AvgIpc) is 2.37. The summed E-state index contributed by atoms with van der Waals surface area (Å²) in [6.45, 7) is 2.40. The smallest absolute Gasteiger partial charge is 0.254 e. The number of carbonyl (C=O) groups excluding carboxylic acids is 1. The molecule has 0 bridgehead atoms. The fourth-order valence-corrected chi connectivity index (χ4v) is 1.81. The number of carbonyl (C=O) groups is 1. The molecule has 0 aliphatic carbocycles. The van der Waals surface area contributed by atoms with E-state index >= 15 is 0 Å². The fraction of sp³-hybridized carbons (Fsp3) is 0.462. The standard InChI is InChI=1S/C13H18ClFN2O/c1-2-3-4-10(8-16)17-13(18)11-7-9(14)5-6-12(11)15/h5-7,10H,2-4,8,16H2,1H3,(H,17,18). The van der Waals surface area contributed by atoms with E-state index in [9.17, 15) is 9.18 Å². The summed E-state index contributed by atoms with van der Waals surface area (Å²) in [5.41, 5.74) is 5.53. The minimum Gasteiger partial charge on any atom is -0.348 e. The lowest BCUT2D eigenvalue weighted by Crippen LogP contribution is -2.40. The Morgan fingerprint density at radius 1 is 1.56 bits per heavy atom. The van der Waals surface area contributed by atoms with Crippen LogP contribution in [0.3, 0.4) is 0 Å². The maximum atomic E-state index is 13.5. The van der Waals surface area contributed by atoms with E-state index in [1.807, 2.05) is 0 Å². The first-order valence-corrected chi connectivity index (χ1v) is 6.42. The second-order valence-corrected chi connectivity index (χ2v) is 4.61. The first-order valence-electron chi connectivity index (χ1n) is 6.04. The third-order valence-electron chi connectivity index (χ3n) is 2.70. The van der Waals surface area contributed by atoms with Crippen molar-refractivity contribution in [1.82, 2.24) is 5.32 Å². The van der Waals surface area contributed by atoms with E-state index < -0.39 is 11.7 Å². The van der Waals surface area contributed by atoms with Gasteiger partial charge in [-0.25, -0.2) is 4.39 Å².